The van der Waals surface area contributed by atoms with Gasteiger partial charge >= 0.3 is 0 Å². The van der Waals surface area contributed by atoms with Crippen molar-refractivity contribution in [1.82, 2.24) is 15.2 Å². The van der Waals surface area contributed by atoms with E-state index in [1.807, 2.05) is 39.8 Å². The van der Waals surface area contributed by atoms with E-state index in [1.165, 1.54) is 0 Å². The number of carbonyl (C=O) groups is 2. The van der Waals surface area contributed by atoms with E-state index in [1.54, 1.807) is 24.0 Å². The summed E-state index contributed by atoms with van der Waals surface area (Å²) >= 11 is 0. The highest BCUT2D eigenvalue weighted by atomic mass is 16.3. The van der Waals surface area contributed by atoms with Crippen LogP contribution in [0.5, 0.6) is 5.75 Å². The van der Waals surface area contributed by atoms with E-state index in [9.17, 15) is 14.7 Å². The Balaban J connectivity index is 1.88. The predicted molar refractivity (Wildman–Crippen MR) is 119 cm³/mol. The van der Waals surface area contributed by atoms with Gasteiger partial charge in [-0.05, 0) is 30.5 Å². The van der Waals surface area contributed by atoms with E-state index < -0.39 is 0 Å². The Labute approximate surface area is 183 Å². The topological polar surface area (TPSA) is 106 Å². The number of pyridine rings is 1. The molecule has 3 N–H and O–H groups in total. The van der Waals surface area contributed by atoms with Gasteiger partial charge in [0.15, 0.2) is 5.78 Å². The molecule has 7 heteroatoms. The second kappa shape index (κ2) is 8.49. The largest absolute Gasteiger partial charge is 0.507 e. The van der Waals surface area contributed by atoms with Crippen LogP contribution in [-0.4, -0.2) is 39.1 Å². The molecule has 0 fully saturated rings. The number of benzene rings is 1. The first-order chi connectivity index (χ1) is 14.5. The number of amides is 1. The molecular weight excluding hydrogens is 392 g/mol. The molecule has 1 amide bonds. The number of fused-ring (bicyclic) bond motifs is 1. The molecular formula is C24H30N4O3. The van der Waals surface area contributed by atoms with Crippen LogP contribution in [0.15, 0.2) is 24.3 Å². The number of hydrogen-bond acceptors (Lipinski definition) is 5. The highest BCUT2D eigenvalue weighted by Crippen LogP contribution is 2.35. The van der Waals surface area contributed by atoms with Crippen LogP contribution >= 0.6 is 0 Å². The first-order valence-corrected chi connectivity index (χ1v) is 10.5. The maximum absolute atomic E-state index is 13.2. The lowest BCUT2D eigenvalue weighted by Crippen LogP contribution is -2.31. The molecule has 3 rings (SSSR count). The molecule has 164 valence electrons. The van der Waals surface area contributed by atoms with Crippen molar-refractivity contribution in [3.05, 3.63) is 57.9 Å². The van der Waals surface area contributed by atoms with Crippen molar-refractivity contribution in [3.63, 3.8) is 0 Å². The number of aryl methyl sites for hydroxylation is 1. The Bertz CT molecular complexity index is 1050. The minimum Gasteiger partial charge on any atom is -0.507 e. The number of ketones is 1. The van der Waals surface area contributed by atoms with Crippen LogP contribution in [0.4, 0.5) is 0 Å². The van der Waals surface area contributed by atoms with Gasteiger partial charge in [-0.15, -0.1) is 0 Å². The maximum atomic E-state index is 13.2. The third-order valence-electron chi connectivity index (χ3n) is 5.47. The number of aromatic hydroxyl groups is 1. The standard InChI is InChI=1S/C24H30N4O3/c1-6-20(30)26-11-17-9-16(10-18(22(17)31)24(3,4)5)19(29)13-28-12-15-8-7-14(2)27-21(15)23(28)25/h7-10,25,31H,6,11-13H2,1-5H3,(H,26,30). The number of phenols is 1. The van der Waals surface area contributed by atoms with E-state index in [-0.39, 0.29) is 41.8 Å². The highest BCUT2D eigenvalue weighted by molar-refractivity contribution is 6.04. The lowest BCUT2D eigenvalue weighted by Gasteiger charge is -2.24. The third kappa shape index (κ3) is 4.76. The summed E-state index contributed by atoms with van der Waals surface area (Å²) in [6, 6.07) is 7.21. The monoisotopic (exact) mass is 422 g/mol. The molecule has 1 aromatic heterocycles. The van der Waals surface area contributed by atoms with Crippen molar-refractivity contribution in [1.29, 1.82) is 5.41 Å². The van der Waals surface area contributed by atoms with Crippen LogP contribution in [0, 0.1) is 12.3 Å². The Morgan fingerprint density at radius 1 is 1.26 bits per heavy atom. The van der Waals surface area contributed by atoms with Gasteiger partial charge in [-0.25, -0.2) is 4.98 Å². The summed E-state index contributed by atoms with van der Waals surface area (Å²) in [7, 11) is 0. The SMILES string of the molecule is CCC(=O)NCc1cc(C(=O)CN2Cc3ccc(C)nc3C2=N)cc(C(C)(C)C)c1O. The summed E-state index contributed by atoms with van der Waals surface area (Å²) in [5.74, 6) is 0.0705. The molecule has 0 saturated carbocycles. The van der Waals surface area contributed by atoms with Gasteiger partial charge in [0.25, 0.3) is 0 Å². The minimum atomic E-state index is -0.387. The first kappa shape index (κ1) is 22.5. The van der Waals surface area contributed by atoms with Gasteiger partial charge in [-0.2, -0.15) is 0 Å². The Kier molecular flexibility index (Phi) is 6.15. The van der Waals surface area contributed by atoms with Crippen molar-refractivity contribution >= 4 is 17.5 Å². The Morgan fingerprint density at radius 3 is 2.61 bits per heavy atom. The Morgan fingerprint density at radius 2 is 1.97 bits per heavy atom. The number of carbonyl (C=O) groups excluding carboxylic acids is 2. The first-order valence-electron chi connectivity index (χ1n) is 10.5. The van der Waals surface area contributed by atoms with E-state index in [0.29, 0.717) is 35.3 Å². The summed E-state index contributed by atoms with van der Waals surface area (Å²) in [5, 5.41) is 22.0. The fourth-order valence-electron chi connectivity index (χ4n) is 3.63. The third-order valence-corrected chi connectivity index (χ3v) is 5.47. The molecule has 1 aromatic carbocycles. The Hall–Kier alpha value is -3.22. The van der Waals surface area contributed by atoms with Crippen LogP contribution in [0.1, 0.15) is 72.6 Å². The van der Waals surface area contributed by atoms with E-state index in [4.69, 9.17) is 5.41 Å². The molecule has 0 saturated heterocycles. The normalized spacial score (nSPS) is 13.3. The summed E-state index contributed by atoms with van der Waals surface area (Å²) < 4.78 is 0. The zero-order valence-corrected chi connectivity index (χ0v) is 18.8. The van der Waals surface area contributed by atoms with Crippen LogP contribution < -0.4 is 5.32 Å². The lowest BCUT2D eigenvalue weighted by molar-refractivity contribution is -0.120. The molecule has 0 bridgehead atoms. The van der Waals surface area contributed by atoms with Crippen LogP contribution in [0.3, 0.4) is 0 Å². The molecule has 1 aliphatic rings. The van der Waals surface area contributed by atoms with Gasteiger partial charge < -0.3 is 15.3 Å². The molecule has 0 radical (unpaired) electrons. The van der Waals surface area contributed by atoms with Gasteiger partial charge in [0.2, 0.25) is 5.91 Å². The summed E-state index contributed by atoms with van der Waals surface area (Å²) in [6.07, 6.45) is 0.344. The number of Topliss-reactive ketones (excluding diaryl/α,β-unsaturated/α-hetero) is 1. The van der Waals surface area contributed by atoms with Crippen molar-refractivity contribution in [2.24, 2.45) is 0 Å². The average Bonchev–Trinajstić information content (AvgIpc) is 3.00. The molecule has 0 atom stereocenters. The van der Waals surface area contributed by atoms with Crippen LogP contribution in [0.25, 0.3) is 0 Å². The second-order valence-electron chi connectivity index (χ2n) is 9.00. The molecule has 2 aromatic rings. The van der Waals surface area contributed by atoms with Gasteiger partial charge in [0.05, 0.1) is 6.54 Å². The number of nitrogens with zero attached hydrogens (tertiary/aromatic N) is 2. The molecule has 0 unspecified atom stereocenters. The van der Waals surface area contributed by atoms with E-state index in [2.05, 4.69) is 10.3 Å². The zero-order valence-electron chi connectivity index (χ0n) is 18.8. The predicted octanol–water partition coefficient (Wildman–Crippen LogP) is 3.44. The fraction of sp³-hybridized carbons (Fsp3) is 0.417. The smallest absolute Gasteiger partial charge is 0.219 e. The van der Waals surface area contributed by atoms with Gasteiger partial charge in [0, 0.05) is 47.5 Å². The lowest BCUT2D eigenvalue weighted by atomic mass is 9.83. The number of aromatic nitrogens is 1. The zero-order chi connectivity index (χ0) is 22.9. The van der Waals surface area contributed by atoms with Crippen molar-refractivity contribution in [2.45, 2.75) is 59.5 Å². The van der Waals surface area contributed by atoms with Crippen molar-refractivity contribution in [3.8, 4) is 5.75 Å². The van der Waals surface area contributed by atoms with E-state index >= 15 is 0 Å². The van der Waals surface area contributed by atoms with Gasteiger partial charge in [-0.1, -0.05) is 33.8 Å². The van der Waals surface area contributed by atoms with Crippen molar-refractivity contribution < 1.29 is 14.7 Å². The van der Waals surface area contributed by atoms with E-state index in [0.717, 1.165) is 11.3 Å². The van der Waals surface area contributed by atoms with Crippen LogP contribution in [-0.2, 0) is 23.3 Å². The number of nitrogens with one attached hydrogen (secondary N) is 2. The summed E-state index contributed by atoms with van der Waals surface area (Å²) in [5.41, 5.74) is 3.62. The fourth-order valence-corrected chi connectivity index (χ4v) is 3.63. The summed E-state index contributed by atoms with van der Waals surface area (Å²) in [4.78, 5) is 31.0. The summed E-state index contributed by atoms with van der Waals surface area (Å²) in [6.45, 7) is 10.2. The van der Waals surface area contributed by atoms with Gasteiger partial charge in [-0.3, -0.25) is 15.0 Å². The minimum absolute atomic E-state index is 0.0450. The molecule has 31 heavy (non-hydrogen) atoms. The number of amidine groups is 1. The molecule has 0 spiro atoms. The molecule has 0 aliphatic carbocycles. The maximum Gasteiger partial charge on any atom is 0.219 e. The quantitative estimate of drug-likeness (QED) is 0.618. The highest BCUT2D eigenvalue weighted by Gasteiger charge is 2.29. The second-order valence-corrected chi connectivity index (χ2v) is 9.00. The van der Waals surface area contributed by atoms with Crippen LogP contribution in [0.2, 0.25) is 0 Å². The average molecular weight is 423 g/mol. The number of hydrogen-bond donors (Lipinski definition) is 3. The van der Waals surface area contributed by atoms with Crippen molar-refractivity contribution in [2.75, 3.05) is 6.54 Å². The number of rotatable bonds is 6. The molecule has 2 heterocycles. The number of phenolic OH excluding ortho intramolecular Hbond substituents is 1. The molecule has 7 nitrogen and oxygen atoms in total. The van der Waals surface area contributed by atoms with Gasteiger partial charge in [0.1, 0.15) is 17.3 Å². The molecule has 1 aliphatic heterocycles.